The van der Waals surface area contributed by atoms with Crippen LogP contribution < -0.4 is 0 Å². The van der Waals surface area contributed by atoms with Crippen molar-refractivity contribution < 1.29 is 0 Å². The standard InChI is InChI=1S/C7H9N2/c1-2-4-7-6(3-1)5-8-9-7/h3,5H,1-2,4H2,(H,8,9). The number of nitrogens with zero attached hydrogens (tertiary/aromatic N) is 1. The van der Waals surface area contributed by atoms with Crippen molar-refractivity contribution >= 4 is 0 Å². The Kier molecular flexibility index (Phi) is 1.04. The van der Waals surface area contributed by atoms with Gasteiger partial charge in [0.15, 0.2) is 0 Å². The van der Waals surface area contributed by atoms with Gasteiger partial charge in [-0.2, -0.15) is 5.10 Å². The fourth-order valence-electron chi connectivity index (χ4n) is 1.23. The first-order valence-corrected chi connectivity index (χ1v) is 3.32. The van der Waals surface area contributed by atoms with Crippen molar-refractivity contribution in [2.75, 3.05) is 0 Å². The van der Waals surface area contributed by atoms with Crippen molar-refractivity contribution in [1.82, 2.24) is 10.2 Å². The average Bonchev–Trinajstić information content (AvgIpc) is 2.33. The molecule has 0 saturated heterocycles. The SMILES string of the molecule is [CH]1CCCc2[nH]ncc21. The number of hydrogen-bond donors (Lipinski definition) is 1. The van der Waals surface area contributed by atoms with Gasteiger partial charge < -0.3 is 0 Å². The third-order valence-corrected chi connectivity index (χ3v) is 1.75. The molecule has 2 heteroatoms. The zero-order chi connectivity index (χ0) is 6.10. The largest absolute Gasteiger partial charge is 0.282 e. The van der Waals surface area contributed by atoms with Crippen molar-refractivity contribution in [3.63, 3.8) is 0 Å². The van der Waals surface area contributed by atoms with Gasteiger partial charge in [-0.05, 0) is 31.2 Å². The predicted octanol–water partition coefficient (Wildman–Crippen LogP) is 1.30. The number of aromatic nitrogens is 2. The highest BCUT2D eigenvalue weighted by atomic mass is 15.1. The molecule has 0 saturated carbocycles. The molecule has 1 aliphatic rings. The van der Waals surface area contributed by atoms with Crippen LogP contribution in [0.25, 0.3) is 0 Å². The van der Waals surface area contributed by atoms with E-state index in [2.05, 4.69) is 16.6 Å². The average molecular weight is 121 g/mol. The molecule has 47 valence electrons. The Morgan fingerprint density at radius 3 is 3.44 bits per heavy atom. The van der Waals surface area contributed by atoms with Crippen LogP contribution in [0.4, 0.5) is 0 Å². The summed E-state index contributed by atoms with van der Waals surface area (Å²) in [5.74, 6) is 0. The number of fused-ring (bicyclic) bond motifs is 1. The van der Waals surface area contributed by atoms with Crippen molar-refractivity contribution in [2.45, 2.75) is 19.3 Å². The number of aryl methyl sites for hydroxylation is 1. The van der Waals surface area contributed by atoms with E-state index in [1.54, 1.807) is 0 Å². The lowest BCUT2D eigenvalue weighted by molar-refractivity contribution is 0.754. The second kappa shape index (κ2) is 1.87. The van der Waals surface area contributed by atoms with Crippen LogP contribution in [0.1, 0.15) is 24.1 Å². The first kappa shape index (κ1) is 5.03. The molecule has 1 aromatic heterocycles. The van der Waals surface area contributed by atoms with E-state index in [0.29, 0.717) is 0 Å². The molecule has 1 aromatic rings. The summed E-state index contributed by atoms with van der Waals surface area (Å²) in [6.45, 7) is 0. The molecule has 2 rings (SSSR count). The summed E-state index contributed by atoms with van der Waals surface area (Å²) >= 11 is 0. The first-order valence-electron chi connectivity index (χ1n) is 3.32. The van der Waals surface area contributed by atoms with Gasteiger partial charge in [0.25, 0.3) is 0 Å². The lowest BCUT2D eigenvalue weighted by Crippen LogP contribution is -1.97. The molecule has 1 N–H and O–H groups in total. The normalized spacial score (nSPS) is 17.3. The molecule has 0 aliphatic heterocycles. The van der Waals surface area contributed by atoms with Gasteiger partial charge in [-0.15, -0.1) is 0 Å². The number of rotatable bonds is 0. The Bertz CT molecular complexity index is 182. The molecule has 1 radical (unpaired) electrons. The van der Waals surface area contributed by atoms with Gasteiger partial charge in [-0.25, -0.2) is 0 Å². The van der Waals surface area contributed by atoms with Gasteiger partial charge in [-0.1, -0.05) is 0 Å². The van der Waals surface area contributed by atoms with E-state index in [4.69, 9.17) is 0 Å². The van der Waals surface area contributed by atoms with Gasteiger partial charge in [0.1, 0.15) is 0 Å². The van der Waals surface area contributed by atoms with Crippen LogP contribution in [0, 0.1) is 6.42 Å². The van der Waals surface area contributed by atoms with Crippen molar-refractivity contribution in [1.29, 1.82) is 0 Å². The Morgan fingerprint density at radius 1 is 1.56 bits per heavy atom. The van der Waals surface area contributed by atoms with Crippen molar-refractivity contribution in [3.8, 4) is 0 Å². The van der Waals surface area contributed by atoms with E-state index < -0.39 is 0 Å². The Balaban J connectivity index is 2.39. The van der Waals surface area contributed by atoms with E-state index >= 15 is 0 Å². The second-order valence-electron chi connectivity index (χ2n) is 2.40. The predicted molar refractivity (Wildman–Crippen MR) is 34.9 cm³/mol. The Hall–Kier alpha value is -0.790. The fraction of sp³-hybridized carbons (Fsp3) is 0.429. The van der Waals surface area contributed by atoms with Crippen molar-refractivity contribution in [3.05, 3.63) is 23.9 Å². The highest BCUT2D eigenvalue weighted by Crippen LogP contribution is 2.19. The summed E-state index contributed by atoms with van der Waals surface area (Å²) in [5, 5.41) is 6.92. The maximum Gasteiger partial charge on any atom is 0.0525 e. The zero-order valence-electron chi connectivity index (χ0n) is 5.22. The van der Waals surface area contributed by atoms with Crippen LogP contribution in [0.3, 0.4) is 0 Å². The number of H-pyrrole nitrogens is 1. The molecule has 0 bridgehead atoms. The summed E-state index contributed by atoms with van der Waals surface area (Å²) in [4.78, 5) is 0. The molecule has 1 aliphatic carbocycles. The second-order valence-corrected chi connectivity index (χ2v) is 2.40. The van der Waals surface area contributed by atoms with Crippen LogP contribution in [-0.2, 0) is 6.42 Å². The molecule has 0 atom stereocenters. The smallest absolute Gasteiger partial charge is 0.0525 e. The van der Waals surface area contributed by atoms with Crippen LogP contribution in [-0.4, -0.2) is 10.2 Å². The third kappa shape index (κ3) is 0.745. The van der Waals surface area contributed by atoms with Gasteiger partial charge in [0.05, 0.1) is 6.20 Å². The van der Waals surface area contributed by atoms with E-state index in [9.17, 15) is 0 Å². The topological polar surface area (TPSA) is 28.7 Å². The molecule has 0 spiro atoms. The summed E-state index contributed by atoms with van der Waals surface area (Å²) < 4.78 is 0. The molecule has 1 heterocycles. The van der Waals surface area contributed by atoms with E-state index in [-0.39, 0.29) is 0 Å². The highest BCUT2D eigenvalue weighted by Gasteiger charge is 2.09. The minimum atomic E-state index is 1.17. The monoisotopic (exact) mass is 121 g/mol. The van der Waals surface area contributed by atoms with Crippen LogP contribution in [0.2, 0.25) is 0 Å². The van der Waals surface area contributed by atoms with Crippen LogP contribution in [0.15, 0.2) is 6.20 Å². The minimum Gasteiger partial charge on any atom is -0.282 e. The summed E-state index contributed by atoms with van der Waals surface area (Å²) in [6, 6.07) is 0. The van der Waals surface area contributed by atoms with Gasteiger partial charge in [-0.3, -0.25) is 5.10 Å². The van der Waals surface area contributed by atoms with E-state index in [1.807, 2.05) is 6.20 Å². The maximum atomic E-state index is 3.95. The maximum absolute atomic E-state index is 3.95. The Morgan fingerprint density at radius 2 is 2.56 bits per heavy atom. The van der Waals surface area contributed by atoms with Gasteiger partial charge in [0.2, 0.25) is 0 Å². The molecular weight excluding hydrogens is 112 g/mol. The fourth-order valence-corrected chi connectivity index (χ4v) is 1.23. The van der Waals surface area contributed by atoms with Gasteiger partial charge in [0, 0.05) is 5.69 Å². The molecule has 9 heavy (non-hydrogen) atoms. The summed E-state index contributed by atoms with van der Waals surface area (Å²) in [6.07, 6.45) is 7.80. The molecule has 0 fully saturated rings. The molecule has 0 amide bonds. The lowest BCUT2D eigenvalue weighted by atomic mass is 9.99. The molecule has 0 unspecified atom stereocenters. The van der Waals surface area contributed by atoms with Crippen LogP contribution in [0.5, 0.6) is 0 Å². The zero-order valence-corrected chi connectivity index (χ0v) is 5.22. The van der Waals surface area contributed by atoms with E-state index in [1.165, 1.54) is 30.5 Å². The number of hydrogen-bond acceptors (Lipinski definition) is 1. The number of aromatic amines is 1. The minimum absolute atomic E-state index is 1.17. The van der Waals surface area contributed by atoms with Crippen LogP contribution >= 0.6 is 0 Å². The lowest BCUT2D eigenvalue weighted by Gasteiger charge is -2.07. The van der Waals surface area contributed by atoms with E-state index in [0.717, 1.165) is 0 Å². The van der Waals surface area contributed by atoms with Gasteiger partial charge >= 0.3 is 0 Å². The molecule has 2 nitrogen and oxygen atoms in total. The Labute approximate surface area is 54.3 Å². The summed E-state index contributed by atoms with van der Waals surface area (Å²) in [7, 11) is 0. The number of nitrogens with one attached hydrogen (secondary N) is 1. The summed E-state index contributed by atoms with van der Waals surface area (Å²) in [5.41, 5.74) is 2.61. The third-order valence-electron chi connectivity index (χ3n) is 1.75. The highest BCUT2D eigenvalue weighted by molar-refractivity contribution is 5.26. The molecular formula is C7H9N2. The first-order chi connectivity index (χ1) is 4.47. The molecule has 0 aromatic carbocycles. The quantitative estimate of drug-likeness (QED) is 0.550. The van der Waals surface area contributed by atoms with Crippen molar-refractivity contribution in [2.24, 2.45) is 0 Å².